The van der Waals surface area contributed by atoms with Crippen molar-refractivity contribution in [2.24, 2.45) is 0 Å². The average Bonchev–Trinajstić information content (AvgIpc) is 3.13. The van der Waals surface area contributed by atoms with E-state index in [4.69, 9.17) is 14.5 Å². The third kappa shape index (κ3) is 9.42. The van der Waals surface area contributed by atoms with E-state index in [2.05, 4.69) is 10.2 Å². The number of alkyl halides is 6. The van der Waals surface area contributed by atoms with Gasteiger partial charge in [0.15, 0.2) is 15.9 Å². The average molecular weight is 793 g/mol. The second kappa shape index (κ2) is 16.1. The summed E-state index contributed by atoms with van der Waals surface area (Å²) in [7, 11) is -4.06. The standard InChI is InChI=1S/C39H42F6N4O5S/c1-24(2)54-32-22-31-29(21-33(32)55(3,51)52)34(37(50)47-36(39(43,44)45)25-8-5-4-6-9-25)30(35(46-31)26-10-7-11-27(20-26)38(40,41)42)23-48-14-12-28(13-15-48)49-16-18-53-19-17-49/h4-11,20-22,24,28,36H,12-19,23H2,1-3H3,(H,47,50)/t36-/m1/s1. The van der Waals surface area contributed by atoms with Crippen LogP contribution in [-0.4, -0.2) is 93.1 Å². The van der Waals surface area contributed by atoms with Crippen molar-refractivity contribution in [2.45, 2.75) is 68.7 Å². The van der Waals surface area contributed by atoms with Crippen LogP contribution in [0.1, 0.15) is 59.8 Å². The molecular weight excluding hydrogens is 751 g/mol. The molecule has 9 nitrogen and oxygen atoms in total. The van der Waals surface area contributed by atoms with Crippen LogP contribution >= 0.6 is 0 Å². The number of carbonyl (C=O) groups excluding carboxylic acids is 1. The molecule has 0 spiro atoms. The maximum absolute atomic E-state index is 14.7. The number of morpholine rings is 1. The van der Waals surface area contributed by atoms with Crippen LogP contribution < -0.4 is 10.1 Å². The smallest absolute Gasteiger partial charge is 0.416 e. The molecular formula is C39H42F6N4O5S. The number of rotatable bonds is 10. The molecule has 4 aromatic rings. The molecule has 2 saturated heterocycles. The highest BCUT2D eigenvalue weighted by molar-refractivity contribution is 7.90. The zero-order valence-corrected chi connectivity index (χ0v) is 31.3. The van der Waals surface area contributed by atoms with Gasteiger partial charge in [0, 0.05) is 54.5 Å². The van der Waals surface area contributed by atoms with Crippen molar-refractivity contribution in [1.29, 1.82) is 0 Å². The van der Waals surface area contributed by atoms with Crippen LogP contribution in [0.4, 0.5) is 26.3 Å². The number of sulfone groups is 1. The van der Waals surface area contributed by atoms with Gasteiger partial charge in [0.1, 0.15) is 10.6 Å². The van der Waals surface area contributed by atoms with Crippen molar-refractivity contribution in [3.63, 3.8) is 0 Å². The number of pyridine rings is 1. The van der Waals surface area contributed by atoms with Gasteiger partial charge in [-0.1, -0.05) is 42.5 Å². The molecule has 2 aliphatic rings. The summed E-state index contributed by atoms with van der Waals surface area (Å²) in [6.45, 7) is 7.03. The highest BCUT2D eigenvalue weighted by atomic mass is 32.2. The Morgan fingerprint density at radius 3 is 2.22 bits per heavy atom. The predicted molar refractivity (Wildman–Crippen MR) is 194 cm³/mol. The van der Waals surface area contributed by atoms with Crippen LogP contribution in [0.2, 0.25) is 0 Å². The van der Waals surface area contributed by atoms with Crippen molar-refractivity contribution in [3.8, 4) is 17.0 Å². The third-order valence-corrected chi connectivity index (χ3v) is 11.0. The number of ether oxygens (including phenoxy) is 2. The van der Waals surface area contributed by atoms with Crippen LogP contribution in [0.15, 0.2) is 71.6 Å². The van der Waals surface area contributed by atoms with E-state index in [0.717, 1.165) is 50.4 Å². The SMILES string of the molecule is CC(C)Oc1cc2nc(-c3cccc(C(F)(F)F)c3)c(CN3CCC(N4CCOCC4)CC3)c(C(=O)N[C@H](c3ccccc3)C(F)(F)F)c2cc1S(C)(=O)=O. The summed E-state index contributed by atoms with van der Waals surface area (Å²) in [5, 5.41) is 2.04. The summed E-state index contributed by atoms with van der Waals surface area (Å²) in [5.74, 6) is -1.34. The number of amides is 1. The quantitative estimate of drug-likeness (QED) is 0.166. The molecule has 1 amide bonds. The maximum Gasteiger partial charge on any atom is 0.416 e. The van der Waals surface area contributed by atoms with Gasteiger partial charge in [-0.2, -0.15) is 26.3 Å². The van der Waals surface area contributed by atoms with Crippen molar-refractivity contribution in [3.05, 3.63) is 89.0 Å². The first-order chi connectivity index (χ1) is 25.9. The van der Waals surface area contributed by atoms with Gasteiger partial charge in [0.25, 0.3) is 5.91 Å². The van der Waals surface area contributed by atoms with Crippen molar-refractivity contribution >= 4 is 26.6 Å². The molecule has 1 aromatic heterocycles. The first-order valence-electron chi connectivity index (χ1n) is 17.9. The third-order valence-electron chi connectivity index (χ3n) is 9.84. The summed E-state index contributed by atoms with van der Waals surface area (Å²) in [6.07, 6.45) is -7.85. The number of likely N-dealkylation sites (tertiary alicyclic amines) is 1. The summed E-state index contributed by atoms with van der Waals surface area (Å²) >= 11 is 0. The molecule has 2 aliphatic heterocycles. The minimum absolute atomic E-state index is 0.0297. The Kier molecular flexibility index (Phi) is 11.8. The van der Waals surface area contributed by atoms with Gasteiger partial charge < -0.3 is 14.8 Å². The number of benzene rings is 3. The molecule has 55 heavy (non-hydrogen) atoms. The Labute approximate surface area is 315 Å². The van der Waals surface area contributed by atoms with E-state index in [1.54, 1.807) is 13.8 Å². The van der Waals surface area contributed by atoms with E-state index in [1.807, 2.05) is 4.90 Å². The lowest BCUT2D eigenvalue weighted by Gasteiger charge is -2.40. The second-order valence-electron chi connectivity index (χ2n) is 14.2. The Balaban J connectivity index is 1.58. The highest BCUT2D eigenvalue weighted by Crippen LogP contribution is 2.40. The fourth-order valence-electron chi connectivity index (χ4n) is 7.25. The largest absolute Gasteiger partial charge is 0.490 e. The molecule has 0 aliphatic carbocycles. The molecule has 3 heterocycles. The molecule has 1 atom stereocenters. The first-order valence-corrected chi connectivity index (χ1v) is 19.8. The lowest BCUT2D eigenvalue weighted by Crippen LogP contribution is -2.48. The number of nitrogens with zero attached hydrogens (tertiary/aromatic N) is 3. The van der Waals surface area contributed by atoms with Gasteiger partial charge in [-0.15, -0.1) is 0 Å². The zero-order chi connectivity index (χ0) is 39.7. The molecule has 6 rings (SSSR count). The first kappa shape index (κ1) is 40.4. The summed E-state index contributed by atoms with van der Waals surface area (Å²) in [5.41, 5.74) is -1.68. The number of halogens is 6. The molecule has 0 saturated carbocycles. The fraction of sp³-hybridized carbons (Fsp3) is 0.436. The highest BCUT2D eigenvalue weighted by Gasteiger charge is 2.43. The van der Waals surface area contributed by atoms with Gasteiger partial charge in [0.05, 0.1) is 41.7 Å². The van der Waals surface area contributed by atoms with E-state index >= 15 is 0 Å². The number of hydrogen-bond acceptors (Lipinski definition) is 8. The minimum atomic E-state index is -4.96. The molecule has 0 bridgehead atoms. The molecule has 16 heteroatoms. The van der Waals surface area contributed by atoms with Crippen molar-refractivity contribution < 1.29 is 49.0 Å². The lowest BCUT2D eigenvalue weighted by molar-refractivity contribution is -0.155. The Morgan fingerprint density at radius 2 is 1.62 bits per heavy atom. The number of carbonyl (C=O) groups is 1. The van der Waals surface area contributed by atoms with Crippen LogP contribution in [0.3, 0.4) is 0 Å². The summed E-state index contributed by atoms with van der Waals surface area (Å²) < 4.78 is 124. The van der Waals surface area contributed by atoms with Gasteiger partial charge >= 0.3 is 12.4 Å². The summed E-state index contributed by atoms with van der Waals surface area (Å²) in [4.78, 5) is 23.4. The van der Waals surface area contributed by atoms with Crippen LogP contribution in [-0.2, 0) is 27.3 Å². The van der Waals surface area contributed by atoms with E-state index in [0.29, 0.717) is 26.3 Å². The molecule has 2 fully saturated rings. The molecule has 296 valence electrons. The van der Waals surface area contributed by atoms with Crippen LogP contribution in [0.5, 0.6) is 5.75 Å². The fourth-order valence-corrected chi connectivity index (χ4v) is 8.06. The Morgan fingerprint density at radius 1 is 0.945 bits per heavy atom. The van der Waals surface area contributed by atoms with E-state index in [-0.39, 0.29) is 62.1 Å². The van der Waals surface area contributed by atoms with Gasteiger partial charge in [-0.05, 0) is 63.5 Å². The molecule has 0 unspecified atom stereocenters. The minimum Gasteiger partial charge on any atom is -0.490 e. The zero-order valence-electron chi connectivity index (χ0n) is 30.5. The summed E-state index contributed by atoms with van der Waals surface area (Å²) in [6, 6.07) is 11.3. The van der Waals surface area contributed by atoms with Crippen LogP contribution in [0, 0.1) is 0 Å². The number of nitrogens with one attached hydrogen (secondary N) is 1. The Bertz CT molecular complexity index is 2120. The van der Waals surface area contributed by atoms with E-state index in [9.17, 15) is 39.6 Å². The van der Waals surface area contributed by atoms with Crippen molar-refractivity contribution in [2.75, 3.05) is 45.6 Å². The predicted octanol–water partition coefficient (Wildman–Crippen LogP) is 7.44. The normalized spacial score (nSPS) is 17.4. The topological polar surface area (TPSA) is 101 Å². The number of fused-ring (bicyclic) bond motifs is 1. The molecule has 1 N–H and O–H groups in total. The Hall–Kier alpha value is -4.25. The maximum atomic E-state index is 14.7. The van der Waals surface area contributed by atoms with Crippen LogP contribution in [0.25, 0.3) is 22.2 Å². The number of aromatic nitrogens is 1. The second-order valence-corrected chi connectivity index (χ2v) is 16.1. The van der Waals surface area contributed by atoms with E-state index < -0.39 is 45.8 Å². The van der Waals surface area contributed by atoms with Crippen molar-refractivity contribution in [1.82, 2.24) is 20.1 Å². The van der Waals surface area contributed by atoms with Gasteiger partial charge in [-0.3, -0.25) is 14.6 Å². The van der Waals surface area contributed by atoms with E-state index in [1.165, 1.54) is 48.5 Å². The monoisotopic (exact) mass is 792 g/mol. The number of piperidine rings is 1. The van der Waals surface area contributed by atoms with Gasteiger partial charge in [-0.25, -0.2) is 13.4 Å². The lowest BCUT2D eigenvalue weighted by atomic mass is 9.93. The molecule has 3 aromatic carbocycles. The molecule has 0 radical (unpaired) electrons. The van der Waals surface area contributed by atoms with Gasteiger partial charge in [0.2, 0.25) is 0 Å². The number of hydrogen-bond donors (Lipinski definition) is 1.